The second-order valence-corrected chi connectivity index (χ2v) is 7.28. The molecule has 0 radical (unpaired) electrons. The van der Waals surface area contributed by atoms with Crippen LogP contribution in [-0.4, -0.2) is 31.7 Å². The van der Waals surface area contributed by atoms with Crippen LogP contribution in [-0.2, 0) is 0 Å². The lowest BCUT2D eigenvalue weighted by Gasteiger charge is -2.19. The van der Waals surface area contributed by atoms with Gasteiger partial charge in [0, 0.05) is 17.3 Å². The summed E-state index contributed by atoms with van der Waals surface area (Å²) >= 11 is 6.43. The highest BCUT2D eigenvalue weighted by Gasteiger charge is 2.20. The first-order chi connectivity index (χ1) is 14.9. The first-order valence-corrected chi connectivity index (χ1v) is 9.77. The van der Waals surface area contributed by atoms with Crippen molar-refractivity contribution in [2.45, 2.75) is 19.9 Å². The highest BCUT2D eigenvalue weighted by molar-refractivity contribution is 6.34. The van der Waals surface area contributed by atoms with E-state index in [4.69, 9.17) is 27.1 Å². The van der Waals surface area contributed by atoms with Crippen molar-refractivity contribution in [1.82, 2.24) is 24.6 Å². The van der Waals surface area contributed by atoms with Gasteiger partial charge in [0.05, 0.1) is 24.5 Å². The minimum absolute atomic E-state index is 0.114. The molecule has 0 aliphatic rings. The lowest BCUT2D eigenvalue weighted by Crippen LogP contribution is -2.14. The maximum absolute atomic E-state index is 9.44. The highest BCUT2D eigenvalue weighted by atomic mass is 35.5. The number of nitrogens with zero attached hydrogens (tertiary/aromatic N) is 6. The molecule has 3 heterocycles. The number of aromatic nitrogens is 5. The molecule has 0 aliphatic carbocycles. The van der Waals surface area contributed by atoms with Crippen LogP contribution in [0.5, 0.6) is 5.75 Å². The van der Waals surface area contributed by atoms with E-state index < -0.39 is 0 Å². The lowest BCUT2D eigenvalue weighted by molar-refractivity contribution is 0.415. The second-order valence-electron chi connectivity index (χ2n) is 6.90. The molecule has 0 spiro atoms. The molecule has 3 N–H and O–H groups in total. The summed E-state index contributed by atoms with van der Waals surface area (Å²) in [6.45, 7) is 3.76. The van der Waals surface area contributed by atoms with Gasteiger partial charge in [-0.2, -0.15) is 10.4 Å². The van der Waals surface area contributed by atoms with Crippen molar-refractivity contribution in [2.24, 2.45) is 0 Å². The number of hydrogen-bond acceptors (Lipinski definition) is 8. The van der Waals surface area contributed by atoms with Crippen molar-refractivity contribution in [3.05, 3.63) is 58.6 Å². The number of ether oxygens (including phenoxy) is 1. The molecule has 0 aliphatic heterocycles. The van der Waals surface area contributed by atoms with Crippen molar-refractivity contribution in [3.63, 3.8) is 0 Å². The number of fused-ring (bicyclic) bond motifs is 1. The van der Waals surface area contributed by atoms with Gasteiger partial charge in [-0.1, -0.05) is 23.7 Å². The van der Waals surface area contributed by atoms with Crippen LogP contribution < -0.4 is 15.8 Å². The number of methoxy groups -OCH3 is 1. The maximum Gasteiger partial charge on any atom is 0.174 e. The molecule has 0 unspecified atom stereocenters. The Hall–Kier alpha value is -3.90. The number of halogens is 1. The van der Waals surface area contributed by atoms with Gasteiger partial charge in [-0.05, 0) is 26.0 Å². The van der Waals surface area contributed by atoms with Crippen molar-refractivity contribution < 1.29 is 4.74 Å². The summed E-state index contributed by atoms with van der Waals surface area (Å²) in [5, 5.41) is 17.6. The van der Waals surface area contributed by atoms with Crippen LogP contribution in [0.15, 0.2) is 36.8 Å². The first kappa shape index (κ1) is 20.4. The smallest absolute Gasteiger partial charge is 0.174 e. The monoisotopic (exact) mass is 434 g/mol. The van der Waals surface area contributed by atoms with Crippen LogP contribution in [0.1, 0.15) is 29.8 Å². The summed E-state index contributed by atoms with van der Waals surface area (Å²) < 4.78 is 7.02. The van der Waals surface area contributed by atoms with Gasteiger partial charge in [0.2, 0.25) is 0 Å². The topological polar surface area (TPSA) is 127 Å². The van der Waals surface area contributed by atoms with E-state index in [1.165, 1.54) is 6.33 Å². The lowest BCUT2D eigenvalue weighted by atomic mass is 10.0. The molecule has 0 fully saturated rings. The average Bonchev–Trinajstić information content (AvgIpc) is 3.06. The van der Waals surface area contributed by atoms with Crippen LogP contribution in [0.3, 0.4) is 0 Å². The third-order valence-corrected chi connectivity index (χ3v) is 5.34. The molecule has 3 aromatic heterocycles. The van der Waals surface area contributed by atoms with Crippen molar-refractivity contribution in [2.75, 3.05) is 18.2 Å². The van der Waals surface area contributed by atoms with Gasteiger partial charge < -0.3 is 15.8 Å². The van der Waals surface area contributed by atoms with Gasteiger partial charge >= 0.3 is 0 Å². The fraction of sp³-hybridized carbons (Fsp3) is 0.190. The number of nitriles is 1. The van der Waals surface area contributed by atoms with Crippen molar-refractivity contribution in [1.29, 1.82) is 5.26 Å². The summed E-state index contributed by atoms with van der Waals surface area (Å²) in [5.74, 6) is 1.16. The molecule has 10 heteroatoms. The van der Waals surface area contributed by atoms with E-state index in [0.29, 0.717) is 33.6 Å². The van der Waals surface area contributed by atoms with E-state index in [2.05, 4.69) is 20.4 Å². The van der Waals surface area contributed by atoms with Crippen molar-refractivity contribution in [3.8, 4) is 23.1 Å². The highest BCUT2D eigenvalue weighted by Crippen LogP contribution is 2.33. The summed E-state index contributed by atoms with van der Waals surface area (Å²) in [6, 6.07) is 9.34. The molecule has 31 heavy (non-hydrogen) atoms. The second kappa shape index (κ2) is 8.08. The number of benzene rings is 1. The molecule has 156 valence electrons. The van der Waals surface area contributed by atoms with Gasteiger partial charge in [-0.15, -0.1) is 0 Å². The normalized spacial score (nSPS) is 11.8. The Morgan fingerprint density at radius 3 is 2.87 bits per heavy atom. The Balaban J connectivity index is 1.87. The zero-order valence-electron chi connectivity index (χ0n) is 17.1. The van der Waals surface area contributed by atoms with E-state index in [9.17, 15) is 5.26 Å². The SMILES string of the molecule is COc1cccc(-c2nc3c(Cl)c(C)nn3cc2[C@H](C)Nc2ncnc(N)c2C#N)c1. The van der Waals surface area contributed by atoms with E-state index in [0.717, 1.165) is 11.1 Å². The number of aryl methyl sites for hydroxylation is 1. The van der Waals surface area contributed by atoms with Crippen LogP contribution in [0, 0.1) is 18.3 Å². The van der Waals surface area contributed by atoms with E-state index in [1.807, 2.05) is 50.4 Å². The summed E-state index contributed by atoms with van der Waals surface area (Å²) in [5.41, 5.74) is 9.61. The predicted molar refractivity (Wildman–Crippen MR) is 118 cm³/mol. The fourth-order valence-electron chi connectivity index (χ4n) is 3.29. The van der Waals surface area contributed by atoms with Gasteiger partial charge in [-0.25, -0.2) is 19.5 Å². The van der Waals surface area contributed by atoms with E-state index in [-0.39, 0.29) is 17.4 Å². The third kappa shape index (κ3) is 3.69. The maximum atomic E-state index is 9.44. The quantitative estimate of drug-likeness (QED) is 0.485. The number of nitrogen functional groups attached to an aromatic ring is 1. The molecule has 0 bridgehead atoms. The number of nitrogens with one attached hydrogen (secondary N) is 1. The molecular weight excluding hydrogens is 416 g/mol. The molecule has 4 rings (SSSR count). The van der Waals surface area contributed by atoms with Crippen LogP contribution in [0.2, 0.25) is 5.02 Å². The average molecular weight is 435 g/mol. The van der Waals surface area contributed by atoms with E-state index in [1.54, 1.807) is 11.6 Å². The zero-order chi connectivity index (χ0) is 22.1. The first-order valence-electron chi connectivity index (χ1n) is 9.39. The molecule has 0 amide bonds. The van der Waals surface area contributed by atoms with Crippen LogP contribution >= 0.6 is 11.6 Å². The number of nitrogens with two attached hydrogens (primary N) is 1. The Kier molecular flexibility index (Phi) is 5.31. The summed E-state index contributed by atoms with van der Waals surface area (Å²) in [7, 11) is 1.61. The van der Waals surface area contributed by atoms with Crippen LogP contribution in [0.25, 0.3) is 16.9 Å². The Bertz CT molecular complexity index is 1330. The van der Waals surface area contributed by atoms with Gasteiger partial charge in [0.25, 0.3) is 0 Å². The summed E-state index contributed by atoms with van der Waals surface area (Å²) in [6.07, 6.45) is 3.18. The molecule has 9 nitrogen and oxygen atoms in total. The molecule has 0 saturated carbocycles. The van der Waals surface area contributed by atoms with Gasteiger partial charge in [0.1, 0.15) is 40.4 Å². The Morgan fingerprint density at radius 1 is 1.32 bits per heavy atom. The molecule has 1 atom stereocenters. The predicted octanol–water partition coefficient (Wildman–Crippen LogP) is 3.78. The standard InChI is InChI=1S/C21H19ClN8O/c1-11(27-20-15(8-23)19(24)25-10-26-20)16-9-30-21(17(22)12(2)29-30)28-18(16)13-5-4-6-14(7-13)31-3/h4-7,9-11H,1-3H3,(H3,24,25,26,27)/t11-/m0/s1. The number of rotatable bonds is 5. The minimum Gasteiger partial charge on any atom is -0.497 e. The van der Waals surface area contributed by atoms with Crippen LogP contribution in [0.4, 0.5) is 11.6 Å². The fourth-order valence-corrected chi connectivity index (χ4v) is 3.46. The molecule has 1 aromatic carbocycles. The Labute approximate surface area is 183 Å². The third-order valence-electron chi connectivity index (χ3n) is 4.89. The van der Waals surface area contributed by atoms with Gasteiger partial charge in [0.15, 0.2) is 5.65 Å². The van der Waals surface area contributed by atoms with Gasteiger partial charge in [-0.3, -0.25) is 0 Å². The molecule has 4 aromatic rings. The molecule has 0 saturated heterocycles. The van der Waals surface area contributed by atoms with E-state index >= 15 is 0 Å². The summed E-state index contributed by atoms with van der Waals surface area (Å²) in [4.78, 5) is 12.9. The zero-order valence-corrected chi connectivity index (χ0v) is 17.8. The Morgan fingerprint density at radius 2 is 2.13 bits per heavy atom. The minimum atomic E-state index is -0.303. The number of anilines is 2. The largest absolute Gasteiger partial charge is 0.497 e. The van der Waals surface area contributed by atoms with Crippen molar-refractivity contribution >= 4 is 28.9 Å². The number of hydrogen-bond donors (Lipinski definition) is 2. The molecular formula is C21H19ClN8O.